The van der Waals surface area contributed by atoms with Gasteiger partial charge in [0, 0.05) is 24.4 Å². The number of nitrogens with one attached hydrogen (secondary N) is 1. The number of methoxy groups -OCH3 is 2. The van der Waals surface area contributed by atoms with Gasteiger partial charge in [-0.15, -0.1) is 0 Å². The fraction of sp³-hybridized carbons (Fsp3) is 0.304. The van der Waals surface area contributed by atoms with Gasteiger partial charge in [-0.25, -0.2) is 0 Å². The number of anilines is 1. The Morgan fingerprint density at radius 3 is 2.28 bits per heavy atom. The van der Waals surface area contributed by atoms with Gasteiger partial charge in [-0.2, -0.15) is 0 Å². The van der Waals surface area contributed by atoms with Crippen LogP contribution >= 0.6 is 0 Å². The third-order valence-electron chi connectivity index (χ3n) is 4.54. The van der Waals surface area contributed by atoms with E-state index in [2.05, 4.69) is 5.32 Å². The van der Waals surface area contributed by atoms with Gasteiger partial charge in [-0.1, -0.05) is 17.7 Å². The minimum Gasteiger partial charge on any atom is -0.497 e. The molecule has 2 aromatic rings. The van der Waals surface area contributed by atoms with Crippen LogP contribution < -0.4 is 14.8 Å². The van der Waals surface area contributed by atoms with Gasteiger partial charge in [-0.3, -0.25) is 9.59 Å². The summed E-state index contributed by atoms with van der Waals surface area (Å²) in [6.45, 7) is 5.87. The van der Waals surface area contributed by atoms with Crippen LogP contribution in [0.25, 0.3) is 6.08 Å². The topological polar surface area (TPSA) is 67.9 Å². The molecule has 2 rings (SSSR count). The number of hydrogen-bond donors (Lipinski definition) is 1. The summed E-state index contributed by atoms with van der Waals surface area (Å²) < 4.78 is 10.5. The molecule has 0 bridgehead atoms. The molecule has 29 heavy (non-hydrogen) atoms. The maximum atomic E-state index is 12.4. The lowest BCUT2D eigenvalue weighted by molar-refractivity contribution is -0.129. The molecule has 0 heterocycles. The highest BCUT2D eigenvalue weighted by atomic mass is 16.5. The van der Waals surface area contributed by atoms with E-state index < -0.39 is 0 Å². The van der Waals surface area contributed by atoms with E-state index in [4.69, 9.17) is 9.47 Å². The third-order valence-corrected chi connectivity index (χ3v) is 4.54. The van der Waals surface area contributed by atoms with Crippen LogP contribution in [0.5, 0.6) is 11.5 Å². The number of aryl methyl sites for hydroxylation is 3. The molecule has 2 amide bonds. The number of hydrogen-bond acceptors (Lipinski definition) is 4. The molecule has 0 fully saturated rings. The minimum absolute atomic E-state index is 0.0504. The molecule has 6 heteroatoms. The number of ether oxygens (including phenoxy) is 2. The monoisotopic (exact) mass is 396 g/mol. The molecule has 0 spiro atoms. The van der Waals surface area contributed by atoms with Crippen LogP contribution in [0.2, 0.25) is 0 Å². The summed E-state index contributed by atoms with van der Waals surface area (Å²) in [6, 6.07) is 9.36. The Labute approximate surface area is 172 Å². The highest BCUT2D eigenvalue weighted by Crippen LogP contribution is 2.25. The zero-order chi connectivity index (χ0) is 21.6. The van der Waals surface area contributed by atoms with Crippen molar-refractivity contribution < 1.29 is 19.1 Å². The first kappa shape index (κ1) is 22.0. The predicted molar refractivity (Wildman–Crippen MR) is 115 cm³/mol. The number of rotatable bonds is 7. The summed E-state index contributed by atoms with van der Waals surface area (Å²) >= 11 is 0. The van der Waals surface area contributed by atoms with Crippen molar-refractivity contribution in [3.8, 4) is 11.5 Å². The van der Waals surface area contributed by atoms with Crippen molar-refractivity contribution in [3.63, 3.8) is 0 Å². The van der Waals surface area contributed by atoms with Gasteiger partial charge < -0.3 is 19.7 Å². The maximum absolute atomic E-state index is 12.4. The van der Waals surface area contributed by atoms with Crippen molar-refractivity contribution in [1.82, 2.24) is 4.90 Å². The predicted octanol–water partition coefficient (Wildman–Crippen LogP) is 3.74. The quantitative estimate of drug-likeness (QED) is 0.724. The zero-order valence-corrected chi connectivity index (χ0v) is 17.8. The summed E-state index contributed by atoms with van der Waals surface area (Å²) in [7, 11) is 4.72. The van der Waals surface area contributed by atoms with E-state index in [1.807, 2.05) is 32.9 Å². The van der Waals surface area contributed by atoms with Crippen molar-refractivity contribution >= 4 is 23.6 Å². The van der Waals surface area contributed by atoms with Crippen molar-refractivity contribution in [3.05, 3.63) is 58.7 Å². The second-order valence-corrected chi connectivity index (χ2v) is 6.96. The first-order chi connectivity index (χ1) is 13.7. The van der Waals surface area contributed by atoms with E-state index in [1.54, 1.807) is 45.5 Å². The van der Waals surface area contributed by atoms with Gasteiger partial charge in [0.2, 0.25) is 11.8 Å². The van der Waals surface area contributed by atoms with Crippen LogP contribution in [-0.4, -0.2) is 44.5 Å². The number of nitrogens with zero attached hydrogens (tertiary/aromatic N) is 1. The first-order valence-corrected chi connectivity index (χ1v) is 9.28. The fourth-order valence-electron chi connectivity index (χ4n) is 3.11. The van der Waals surface area contributed by atoms with Crippen molar-refractivity contribution in [2.24, 2.45) is 0 Å². The highest BCUT2D eigenvalue weighted by Gasteiger charge is 2.13. The molecule has 1 N–H and O–H groups in total. The van der Waals surface area contributed by atoms with Gasteiger partial charge >= 0.3 is 0 Å². The number of benzene rings is 2. The zero-order valence-electron chi connectivity index (χ0n) is 17.8. The van der Waals surface area contributed by atoms with E-state index in [0.29, 0.717) is 17.1 Å². The van der Waals surface area contributed by atoms with Gasteiger partial charge in [-0.05, 0) is 56.2 Å². The second-order valence-electron chi connectivity index (χ2n) is 6.96. The number of likely N-dealkylation sites (N-methyl/N-ethyl adjacent to an activating group) is 1. The Hall–Kier alpha value is -3.28. The molecule has 0 radical (unpaired) electrons. The van der Waals surface area contributed by atoms with Crippen LogP contribution in [0.3, 0.4) is 0 Å². The van der Waals surface area contributed by atoms with Crippen LogP contribution in [0.15, 0.2) is 36.4 Å². The molecular weight excluding hydrogens is 368 g/mol. The minimum atomic E-state index is -0.289. The van der Waals surface area contributed by atoms with Crippen LogP contribution in [0.4, 0.5) is 5.69 Å². The molecule has 0 saturated heterocycles. The van der Waals surface area contributed by atoms with Crippen molar-refractivity contribution in [1.29, 1.82) is 0 Å². The Kier molecular flexibility index (Phi) is 7.42. The average molecular weight is 396 g/mol. The van der Waals surface area contributed by atoms with Gasteiger partial charge in [0.05, 0.1) is 20.8 Å². The summed E-state index contributed by atoms with van der Waals surface area (Å²) in [5.41, 5.74) is 4.63. The van der Waals surface area contributed by atoms with Crippen molar-refractivity contribution in [2.45, 2.75) is 20.8 Å². The first-order valence-electron chi connectivity index (χ1n) is 9.28. The smallest absolute Gasteiger partial charge is 0.246 e. The normalized spacial score (nSPS) is 10.7. The number of carbonyl (C=O) groups is 2. The molecule has 0 saturated carbocycles. The summed E-state index contributed by atoms with van der Waals surface area (Å²) in [5.74, 6) is 0.751. The van der Waals surface area contributed by atoms with Gasteiger partial charge in [0.25, 0.3) is 0 Å². The molecule has 0 aromatic heterocycles. The summed E-state index contributed by atoms with van der Waals surface area (Å²) in [6.07, 6.45) is 3.05. The Morgan fingerprint density at radius 2 is 1.69 bits per heavy atom. The molecule has 0 aliphatic heterocycles. The van der Waals surface area contributed by atoms with Crippen LogP contribution in [-0.2, 0) is 9.59 Å². The summed E-state index contributed by atoms with van der Waals surface area (Å²) in [5, 5.41) is 2.91. The lowest BCUT2D eigenvalue weighted by Crippen LogP contribution is -2.34. The lowest BCUT2D eigenvalue weighted by atomic mass is 10.1. The van der Waals surface area contributed by atoms with Crippen LogP contribution in [0.1, 0.15) is 22.3 Å². The number of amides is 2. The Bertz CT molecular complexity index is 911. The van der Waals surface area contributed by atoms with Crippen LogP contribution in [0, 0.1) is 20.8 Å². The number of carbonyl (C=O) groups excluding carboxylic acids is 2. The molecule has 0 aliphatic rings. The molecule has 0 unspecified atom stereocenters. The SMILES string of the molecule is COc1ccc(OC)c(/C=C/C(=O)N(C)CC(=O)Nc2c(C)cc(C)cc2C)c1. The molecule has 0 atom stereocenters. The fourth-order valence-corrected chi connectivity index (χ4v) is 3.11. The lowest BCUT2D eigenvalue weighted by Gasteiger charge is -2.17. The molecule has 0 aliphatic carbocycles. The summed E-state index contributed by atoms with van der Waals surface area (Å²) in [4.78, 5) is 26.2. The van der Waals surface area contributed by atoms with E-state index in [9.17, 15) is 9.59 Å². The van der Waals surface area contributed by atoms with Gasteiger partial charge in [0.1, 0.15) is 11.5 Å². The van der Waals surface area contributed by atoms with E-state index in [1.165, 1.54) is 11.0 Å². The second kappa shape index (κ2) is 9.78. The Balaban J connectivity index is 2.04. The molecule has 6 nitrogen and oxygen atoms in total. The molecule has 154 valence electrons. The highest BCUT2D eigenvalue weighted by molar-refractivity contribution is 5.98. The Morgan fingerprint density at radius 1 is 1.03 bits per heavy atom. The molecule has 2 aromatic carbocycles. The average Bonchev–Trinajstić information content (AvgIpc) is 2.68. The van der Waals surface area contributed by atoms with E-state index in [0.717, 1.165) is 22.4 Å². The largest absolute Gasteiger partial charge is 0.497 e. The van der Waals surface area contributed by atoms with E-state index in [-0.39, 0.29) is 18.4 Å². The van der Waals surface area contributed by atoms with Gasteiger partial charge in [0.15, 0.2) is 0 Å². The van der Waals surface area contributed by atoms with Crippen molar-refractivity contribution in [2.75, 3.05) is 33.1 Å². The molecular formula is C23H28N2O4. The van der Waals surface area contributed by atoms with E-state index >= 15 is 0 Å². The third kappa shape index (κ3) is 5.85. The standard InChI is InChI=1S/C23H28N2O4/c1-15-11-16(2)23(17(3)12-15)24-21(26)14-25(4)22(27)10-7-18-13-19(28-5)8-9-20(18)29-6/h7-13H,14H2,1-6H3,(H,24,26)/b10-7+. The maximum Gasteiger partial charge on any atom is 0.246 e.